The van der Waals surface area contributed by atoms with Gasteiger partial charge >= 0.3 is 0 Å². The summed E-state index contributed by atoms with van der Waals surface area (Å²) in [5.74, 6) is 0.909. The Kier molecular flexibility index (Phi) is 3.91. The Morgan fingerprint density at radius 2 is 2.06 bits per heavy atom. The standard InChI is InChI=1S/C14H22N2O2/c1-10-7-14(8-10,9-15)13(17)16-11(2)12-3-5-18-6-4-12/h10-12H,3-8H2,1-2H3,(H,16,17). The number of hydrogen-bond donors (Lipinski definition) is 1. The summed E-state index contributed by atoms with van der Waals surface area (Å²) in [6, 6.07) is 2.36. The van der Waals surface area contributed by atoms with Crippen molar-refractivity contribution in [3.05, 3.63) is 0 Å². The zero-order valence-corrected chi connectivity index (χ0v) is 11.2. The molecule has 1 heterocycles. The van der Waals surface area contributed by atoms with Gasteiger partial charge in [-0.25, -0.2) is 0 Å². The molecule has 0 aromatic rings. The van der Waals surface area contributed by atoms with Gasteiger partial charge in [-0.15, -0.1) is 0 Å². The molecular formula is C14H22N2O2. The number of rotatable bonds is 3. The van der Waals surface area contributed by atoms with Gasteiger partial charge in [0, 0.05) is 19.3 Å². The first-order valence-electron chi connectivity index (χ1n) is 6.87. The largest absolute Gasteiger partial charge is 0.381 e. The molecule has 0 aromatic carbocycles. The predicted octanol–water partition coefficient (Wildman–Crippen LogP) is 1.86. The van der Waals surface area contributed by atoms with E-state index in [0.717, 1.165) is 26.1 Å². The van der Waals surface area contributed by atoms with Gasteiger partial charge in [-0.3, -0.25) is 4.79 Å². The van der Waals surface area contributed by atoms with Crippen LogP contribution in [0.4, 0.5) is 0 Å². The molecule has 2 aliphatic rings. The minimum atomic E-state index is -0.751. The Hall–Kier alpha value is -1.08. The summed E-state index contributed by atoms with van der Waals surface area (Å²) in [6.07, 6.45) is 3.40. The van der Waals surface area contributed by atoms with Crippen molar-refractivity contribution in [2.45, 2.75) is 45.6 Å². The lowest BCUT2D eigenvalue weighted by molar-refractivity contribution is -0.135. The maximum absolute atomic E-state index is 12.2. The molecule has 100 valence electrons. The van der Waals surface area contributed by atoms with Crippen LogP contribution in [0.25, 0.3) is 0 Å². The molecule has 2 rings (SSSR count). The zero-order chi connectivity index (χ0) is 13.2. The second kappa shape index (κ2) is 5.27. The number of hydrogen-bond acceptors (Lipinski definition) is 3. The first-order valence-corrected chi connectivity index (χ1v) is 6.87. The van der Waals surface area contributed by atoms with Crippen LogP contribution < -0.4 is 5.32 Å². The number of ether oxygens (including phenoxy) is 1. The fourth-order valence-corrected chi connectivity index (χ4v) is 3.14. The van der Waals surface area contributed by atoms with E-state index in [4.69, 9.17) is 4.74 Å². The number of amides is 1. The van der Waals surface area contributed by atoms with Gasteiger partial charge < -0.3 is 10.1 Å². The van der Waals surface area contributed by atoms with E-state index in [0.29, 0.717) is 24.7 Å². The molecule has 1 saturated carbocycles. The molecule has 1 atom stereocenters. The first kappa shape index (κ1) is 13.4. The molecule has 1 aliphatic heterocycles. The van der Waals surface area contributed by atoms with E-state index in [1.165, 1.54) is 0 Å². The van der Waals surface area contributed by atoms with Crippen LogP contribution in [0.5, 0.6) is 0 Å². The monoisotopic (exact) mass is 250 g/mol. The van der Waals surface area contributed by atoms with E-state index >= 15 is 0 Å². The third-order valence-electron chi connectivity index (χ3n) is 4.37. The van der Waals surface area contributed by atoms with Gasteiger partial charge in [-0.05, 0) is 44.4 Å². The smallest absolute Gasteiger partial charge is 0.240 e. The van der Waals surface area contributed by atoms with Crippen LogP contribution in [-0.2, 0) is 9.53 Å². The average Bonchev–Trinajstić information content (AvgIpc) is 2.35. The Morgan fingerprint density at radius 1 is 1.44 bits per heavy atom. The van der Waals surface area contributed by atoms with Gasteiger partial charge in [0.25, 0.3) is 0 Å². The van der Waals surface area contributed by atoms with Crippen molar-refractivity contribution in [1.82, 2.24) is 5.32 Å². The lowest BCUT2D eigenvalue weighted by Gasteiger charge is -2.40. The molecule has 0 aromatic heterocycles. The van der Waals surface area contributed by atoms with Gasteiger partial charge in [0.15, 0.2) is 0 Å². The van der Waals surface area contributed by atoms with Gasteiger partial charge in [0.1, 0.15) is 5.41 Å². The van der Waals surface area contributed by atoms with Gasteiger partial charge in [-0.2, -0.15) is 5.26 Å². The molecule has 1 N–H and O–H groups in total. The highest BCUT2D eigenvalue weighted by atomic mass is 16.5. The zero-order valence-electron chi connectivity index (χ0n) is 11.2. The van der Waals surface area contributed by atoms with Crippen LogP contribution in [0.3, 0.4) is 0 Å². The molecule has 4 heteroatoms. The van der Waals surface area contributed by atoms with Crippen LogP contribution in [0.2, 0.25) is 0 Å². The van der Waals surface area contributed by atoms with Crippen LogP contribution in [0.1, 0.15) is 39.5 Å². The number of carbonyl (C=O) groups excluding carboxylic acids is 1. The molecule has 4 nitrogen and oxygen atoms in total. The van der Waals surface area contributed by atoms with Crippen molar-refractivity contribution in [2.24, 2.45) is 17.3 Å². The maximum atomic E-state index is 12.2. The molecule has 1 amide bonds. The highest BCUT2D eigenvalue weighted by Crippen LogP contribution is 2.45. The van der Waals surface area contributed by atoms with Crippen molar-refractivity contribution in [2.75, 3.05) is 13.2 Å². The van der Waals surface area contributed by atoms with Crippen molar-refractivity contribution in [3.8, 4) is 6.07 Å². The van der Waals surface area contributed by atoms with E-state index in [1.807, 2.05) is 6.92 Å². The summed E-state index contributed by atoms with van der Waals surface area (Å²) in [5, 5.41) is 12.3. The van der Waals surface area contributed by atoms with Crippen LogP contribution in [0.15, 0.2) is 0 Å². The van der Waals surface area contributed by atoms with Gasteiger partial charge in [0.2, 0.25) is 5.91 Å². The number of carbonyl (C=O) groups is 1. The Bertz CT molecular complexity index is 349. The Labute approximate surface area is 109 Å². The number of nitriles is 1. The molecule has 1 unspecified atom stereocenters. The quantitative estimate of drug-likeness (QED) is 0.831. The fraction of sp³-hybridized carbons (Fsp3) is 0.857. The van der Waals surface area contributed by atoms with E-state index < -0.39 is 5.41 Å². The Morgan fingerprint density at radius 3 is 2.56 bits per heavy atom. The molecule has 0 bridgehead atoms. The molecular weight excluding hydrogens is 228 g/mol. The van der Waals surface area contributed by atoms with Crippen LogP contribution in [0, 0.1) is 28.6 Å². The molecule has 0 spiro atoms. The number of nitrogens with zero attached hydrogens (tertiary/aromatic N) is 1. The minimum absolute atomic E-state index is 0.0675. The average molecular weight is 250 g/mol. The molecule has 1 aliphatic carbocycles. The third kappa shape index (κ3) is 2.51. The van der Waals surface area contributed by atoms with Crippen LogP contribution in [-0.4, -0.2) is 25.2 Å². The fourth-order valence-electron chi connectivity index (χ4n) is 3.14. The van der Waals surface area contributed by atoms with Crippen molar-refractivity contribution < 1.29 is 9.53 Å². The van der Waals surface area contributed by atoms with Crippen molar-refractivity contribution in [1.29, 1.82) is 5.26 Å². The highest BCUT2D eigenvalue weighted by Gasteiger charge is 2.49. The van der Waals surface area contributed by atoms with Gasteiger partial charge in [0.05, 0.1) is 6.07 Å². The SMILES string of the molecule is CC1CC(C#N)(C(=O)NC(C)C2CCOCC2)C1. The van der Waals surface area contributed by atoms with Crippen molar-refractivity contribution >= 4 is 5.91 Å². The summed E-state index contributed by atoms with van der Waals surface area (Å²) < 4.78 is 5.32. The molecule has 1 saturated heterocycles. The highest BCUT2D eigenvalue weighted by molar-refractivity contribution is 5.86. The second-order valence-corrected chi connectivity index (χ2v) is 5.92. The predicted molar refractivity (Wildman–Crippen MR) is 67.6 cm³/mol. The van der Waals surface area contributed by atoms with E-state index in [9.17, 15) is 10.1 Å². The summed E-state index contributed by atoms with van der Waals surface area (Å²) in [7, 11) is 0. The van der Waals surface area contributed by atoms with Crippen LogP contribution >= 0.6 is 0 Å². The lowest BCUT2D eigenvalue weighted by atomic mass is 9.63. The molecule has 2 fully saturated rings. The Balaban J connectivity index is 1.88. The minimum Gasteiger partial charge on any atom is -0.381 e. The molecule has 18 heavy (non-hydrogen) atoms. The molecule has 0 radical (unpaired) electrons. The third-order valence-corrected chi connectivity index (χ3v) is 4.37. The summed E-state index contributed by atoms with van der Waals surface area (Å²) >= 11 is 0. The summed E-state index contributed by atoms with van der Waals surface area (Å²) in [4.78, 5) is 12.2. The van der Waals surface area contributed by atoms with E-state index in [-0.39, 0.29) is 11.9 Å². The summed E-state index contributed by atoms with van der Waals surface area (Å²) in [5.41, 5.74) is -0.751. The maximum Gasteiger partial charge on any atom is 0.240 e. The first-order chi connectivity index (χ1) is 8.57. The van der Waals surface area contributed by atoms with E-state index in [2.05, 4.69) is 18.3 Å². The normalized spacial score (nSPS) is 34.2. The van der Waals surface area contributed by atoms with Crippen molar-refractivity contribution in [3.63, 3.8) is 0 Å². The second-order valence-electron chi connectivity index (χ2n) is 5.92. The topological polar surface area (TPSA) is 62.1 Å². The van der Waals surface area contributed by atoms with E-state index in [1.54, 1.807) is 0 Å². The number of nitrogens with one attached hydrogen (secondary N) is 1. The van der Waals surface area contributed by atoms with Gasteiger partial charge in [-0.1, -0.05) is 6.92 Å². The lowest BCUT2D eigenvalue weighted by Crippen LogP contribution is -2.52. The summed E-state index contributed by atoms with van der Waals surface area (Å²) in [6.45, 7) is 5.70.